The Labute approximate surface area is 139 Å². The van der Waals surface area contributed by atoms with E-state index >= 15 is 0 Å². The van der Waals surface area contributed by atoms with Crippen molar-refractivity contribution >= 4 is 0 Å². The van der Waals surface area contributed by atoms with Crippen molar-refractivity contribution in [2.24, 2.45) is 0 Å². The summed E-state index contributed by atoms with van der Waals surface area (Å²) in [6, 6.07) is 6.81. The molecule has 0 bridgehead atoms. The van der Waals surface area contributed by atoms with Crippen LogP contribution in [-0.2, 0) is 5.41 Å². The molecule has 0 aromatic heterocycles. The second kappa shape index (κ2) is 6.33. The van der Waals surface area contributed by atoms with E-state index in [0.29, 0.717) is 6.04 Å². The second-order valence-electron chi connectivity index (χ2n) is 7.36. The standard InChI is InChI=1S/C19H29NO3/c1-13(2)23-16-6-5-14(11-17(16)22-4)19-8-7-15(21)12-18(19)20(3)10-9-19/h5-6,11,13,15,18,21H,7-10,12H2,1-4H3/t15-,18-,19-/m0/s1. The highest BCUT2D eigenvalue weighted by molar-refractivity contribution is 5.46. The predicted molar refractivity (Wildman–Crippen MR) is 91.3 cm³/mol. The summed E-state index contributed by atoms with van der Waals surface area (Å²) >= 11 is 0. The molecule has 1 aromatic carbocycles. The summed E-state index contributed by atoms with van der Waals surface area (Å²) in [5, 5.41) is 10.1. The lowest BCUT2D eigenvalue weighted by molar-refractivity contribution is 0.0566. The minimum Gasteiger partial charge on any atom is -0.493 e. The van der Waals surface area contributed by atoms with Gasteiger partial charge in [0.25, 0.3) is 0 Å². The Kier molecular flexibility index (Phi) is 4.56. The van der Waals surface area contributed by atoms with Crippen LogP contribution in [0.25, 0.3) is 0 Å². The van der Waals surface area contributed by atoms with Gasteiger partial charge in [-0.2, -0.15) is 0 Å². The fourth-order valence-corrected chi connectivity index (χ4v) is 4.43. The molecule has 4 heteroatoms. The van der Waals surface area contributed by atoms with Crippen LogP contribution in [0.5, 0.6) is 11.5 Å². The molecule has 2 aliphatic rings. The van der Waals surface area contributed by atoms with Crippen molar-refractivity contribution in [2.75, 3.05) is 20.7 Å². The Morgan fingerprint density at radius 3 is 2.74 bits per heavy atom. The van der Waals surface area contributed by atoms with E-state index in [0.717, 1.165) is 43.7 Å². The number of aliphatic hydroxyl groups excluding tert-OH is 1. The third-order valence-electron chi connectivity index (χ3n) is 5.60. The van der Waals surface area contributed by atoms with Gasteiger partial charge in [-0.15, -0.1) is 0 Å². The highest BCUT2D eigenvalue weighted by Crippen LogP contribution is 2.49. The molecule has 23 heavy (non-hydrogen) atoms. The van der Waals surface area contributed by atoms with Gasteiger partial charge in [0.1, 0.15) is 0 Å². The molecule has 4 nitrogen and oxygen atoms in total. The van der Waals surface area contributed by atoms with Crippen LogP contribution >= 0.6 is 0 Å². The minimum atomic E-state index is -0.167. The van der Waals surface area contributed by atoms with Gasteiger partial charge < -0.3 is 19.5 Å². The number of nitrogens with zero attached hydrogens (tertiary/aromatic N) is 1. The number of likely N-dealkylation sites (N-methyl/N-ethyl adjacent to an activating group) is 1. The van der Waals surface area contributed by atoms with Crippen LogP contribution in [0.2, 0.25) is 0 Å². The van der Waals surface area contributed by atoms with E-state index in [9.17, 15) is 5.11 Å². The third-order valence-corrected chi connectivity index (χ3v) is 5.60. The molecule has 1 aromatic rings. The summed E-state index contributed by atoms with van der Waals surface area (Å²) in [7, 11) is 3.88. The average molecular weight is 319 g/mol. The molecule has 1 heterocycles. The number of aliphatic hydroxyl groups is 1. The summed E-state index contributed by atoms with van der Waals surface area (Å²) in [5.41, 5.74) is 1.46. The van der Waals surface area contributed by atoms with Gasteiger partial charge in [-0.25, -0.2) is 0 Å². The van der Waals surface area contributed by atoms with Gasteiger partial charge in [-0.05, 0) is 70.8 Å². The number of likely N-dealkylation sites (tertiary alicyclic amines) is 1. The summed E-state index contributed by atoms with van der Waals surface area (Å²) in [4.78, 5) is 2.41. The molecule has 1 aliphatic carbocycles. The van der Waals surface area contributed by atoms with Crippen molar-refractivity contribution in [2.45, 2.75) is 63.2 Å². The van der Waals surface area contributed by atoms with E-state index in [1.54, 1.807) is 7.11 Å². The quantitative estimate of drug-likeness (QED) is 0.926. The lowest BCUT2D eigenvalue weighted by Crippen LogP contribution is -2.47. The number of methoxy groups -OCH3 is 1. The first-order valence-corrected chi connectivity index (χ1v) is 8.70. The van der Waals surface area contributed by atoms with E-state index in [1.807, 2.05) is 19.9 Å². The molecule has 1 saturated carbocycles. The maximum Gasteiger partial charge on any atom is 0.161 e. The van der Waals surface area contributed by atoms with E-state index in [2.05, 4.69) is 24.1 Å². The topological polar surface area (TPSA) is 41.9 Å². The lowest BCUT2D eigenvalue weighted by atomic mass is 9.65. The molecule has 1 N–H and O–H groups in total. The van der Waals surface area contributed by atoms with Gasteiger partial charge in [0.05, 0.1) is 19.3 Å². The number of hydrogen-bond donors (Lipinski definition) is 1. The van der Waals surface area contributed by atoms with E-state index in [-0.39, 0.29) is 17.6 Å². The second-order valence-corrected chi connectivity index (χ2v) is 7.36. The van der Waals surface area contributed by atoms with Gasteiger partial charge in [0.2, 0.25) is 0 Å². The lowest BCUT2D eigenvalue weighted by Gasteiger charge is -2.43. The van der Waals surface area contributed by atoms with E-state index < -0.39 is 0 Å². The van der Waals surface area contributed by atoms with E-state index in [4.69, 9.17) is 9.47 Å². The third kappa shape index (κ3) is 2.94. The molecule has 2 fully saturated rings. The first-order valence-electron chi connectivity index (χ1n) is 8.70. The summed E-state index contributed by atoms with van der Waals surface area (Å²) in [5.74, 6) is 1.62. The van der Waals surface area contributed by atoms with Gasteiger partial charge in [0.15, 0.2) is 11.5 Å². The highest BCUT2D eigenvalue weighted by atomic mass is 16.5. The average Bonchev–Trinajstić information content (AvgIpc) is 2.85. The Morgan fingerprint density at radius 2 is 2.04 bits per heavy atom. The molecular weight excluding hydrogens is 290 g/mol. The SMILES string of the molecule is COc1cc([C@@]23CC[C@H](O)C[C@@H]2N(C)CC3)ccc1OC(C)C. The maximum absolute atomic E-state index is 10.1. The normalized spacial score (nSPS) is 31.2. The van der Waals surface area contributed by atoms with Gasteiger partial charge >= 0.3 is 0 Å². The van der Waals surface area contributed by atoms with Crippen LogP contribution in [0.4, 0.5) is 0 Å². The summed E-state index contributed by atoms with van der Waals surface area (Å²) < 4.78 is 11.4. The van der Waals surface area contributed by atoms with Gasteiger partial charge in [-0.3, -0.25) is 0 Å². The monoisotopic (exact) mass is 319 g/mol. The Bertz CT molecular complexity index is 560. The fourth-order valence-electron chi connectivity index (χ4n) is 4.43. The van der Waals surface area contributed by atoms with E-state index in [1.165, 1.54) is 5.56 Å². The molecule has 128 valence electrons. The van der Waals surface area contributed by atoms with Crippen molar-refractivity contribution in [3.63, 3.8) is 0 Å². The van der Waals surface area contributed by atoms with Crippen molar-refractivity contribution in [1.29, 1.82) is 0 Å². The van der Waals surface area contributed by atoms with Crippen LogP contribution in [0, 0.1) is 0 Å². The minimum absolute atomic E-state index is 0.128. The van der Waals surface area contributed by atoms with Crippen LogP contribution in [0.1, 0.15) is 45.1 Å². The van der Waals surface area contributed by atoms with Crippen molar-refractivity contribution < 1.29 is 14.6 Å². The van der Waals surface area contributed by atoms with Crippen LogP contribution in [0.3, 0.4) is 0 Å². The fraction of sp³-hybridized carbons (Fsp3) is 0.684. The number of benzene rings is 1. The predicted octanol–water partition coefficient (Wildman–Crippen LogP) is 2.97. The van der Waals surface area contributed by atoms with Crippen molar-refractivity contribution in [3.8, 4) is 11.5 Å². The van der Waals surface area contributed by atoms with Crippen LogP contribution in [0.15, 0.2) is 18.2 Å². The molecule has 0 unspecified atom stereocenters. The zero-order valence-corrected chi connectivity index (χ0v) is 14.7. The molecule has 0 radical (unpaired) electrons. The maximum atomic E-state index is 10.1. The molecule has 1 aliphatic heterocycles. The number of fused-ring (bicyclic) bond motifs is 1. The zero-order chi connectivity index (χ0) is 16.6. The Hall–Kier alpha value is -1.26. The number of hydrogen-bond acceptors (Lipinski definition) is 4. The largest absolute Gasteiger partial charge is 0.493 e. The van der Waals surface area contributed by atoms with Crippen LogP contribution in [-0.4, -0.2) is 49.0 Å². The molecule has 0 spiro atoms. The molecule has 3 atom stereocenters. The Morgan fingerprint density at radius 1 is 1.26 bits per heavy atom. The number of rotatable bonds is 4. The molecule has 1 saturated heterocycles. The molecular formula is C19H29NO3. The Balaban J connectivity index is 1.96. The zero-order valence-electron chi connectivity index (χ0n) is 14.7. The van der Waals surface area contributed by atoms with Gasteiger partial charge in [-0.1, -0.05) is 6.07 Å². The highest BCUT2D eigenvalue weighted by Gasteiger charge is 2.50. The van der Waals surface area contributed by atoms with Crippen molar-refractivity contribution in [3.05, 3.63) is 23.8 Å². The number of ether oxygens (including phenoxy) is 2. The summed E-state index contributed by atoms with van der Waals surface area (Å²) in [6.07, 6.45) is 3.90. The molecule has 3 rings (SSSR count). The first-order chi connectivity index (χ1) is 11.0. The van der Waals surface area contributed by atoms with Crippen molar-refractivity contribution in [1.82, 2.24) is 4.90 Å². The van der Waals surface area contributed by atoms with Crippen LogP contribution < -0.4 is 9.47 Å². The molecule has 0 amide bonds. The smallest absolute Gasteiger partial charge is 0.161 e. The van der Waals surface area contributed by atoms with Gasteiger partial charge in [0, 0.05) is 11.5 Å². The first kappa shape index (κ1) is 16.6. The summed E-state index contributed by atoms with van der Waals surface area (Å²) in [6.45, 7) is 5.14.